The summed E-state index contributed by atoms with van der Waals surface area (Å²) in [6.07, 6.45) is 0.878. The topological polar surface area (TPSA) is 38.3 Å². The van der Waals surface area contributed by atoms with E-state index in [0.717, 1.165) is 23.5 Å². The summed E-state index contributed by atoms with van der Waals surface area (Å²) >= 11 is 1.80. The van der Waals surface area contributed by atoms with Crippen LogP contribution < -0.4 is 10.1 Å². The molecule has 0 spiro atoms. The largest absolute Gasteiger partial charge is 0.497 e. The predicted octanol–water partition coefficient (Wildman–Crippen LogP) is 6.81. The summed E-state index contributed by atoms with van der Waals surface area (Å²) in [6.45, 7) is 6.44. The maximum atomic E-state index is 12.9. The van der Waals surface area contributed by atoms with Crippen molar-refractivity contribution in [2.24, 2.45) is 5.92 Å². The minimum absolute atomic E-state index is 0.0322. The summed E-state index contributed by atoms with van der Waals surface area (Å²) in [5, 5.41) is 3.22. The Morgan fingerprint density at radius 2 is 1.58 bits per heavy atom. The van der Waals surface area contributed by atoms with Crippen molar-refractivity contribution in [2.45, 2.75) is 43.9 Å². The van der Waals surface area contributed by atoms with E-state index in [-0.39, 0.29) is 11.9 Å². The van der Waals surface area contributed by atoms with Crippen molar-refractivity contribution in [3.05, 3.63) is 95.1 Å². The van der Waals surface area contributed by atoms with Crippen LogP contribution in [0.4, 0.5) is 0 Å². The number of hydrogen-bond acceptors (Lipinski definition) is 3. The van der Waals surface area contributed by atoms with E-state index in [1.165, 1.54) is 16.0 Å². The lowest BCUT2D eigenvalue weighted by molar-refractivity contribution is 0.0932. The quantitative estimate of drug-likeness (QED) is 0.377. The van der Waals surface area contributed by atoms with Crippen molar-refractivity contribution < 1.29 is 9.53 Å². The van der Waals surface area contributed by atoms with Crippen LogP contribution in [0.1, 0.15) is 53.4 Å². The Bertz CT molecular complexity index is 964. The van der Waals surface area contributed by atoms with Crippen LogP contribution in [0.25, 0.3) is 0 Å². The van der Waals surface area contributed by atoms with Crippen molar-refractivity contribution in [3.63, 3.8) is 0 Å². The number of hydrogen-bond donors (Lipinski definition) is 1. The van der Waals surface area contributed by atoms with Crippen LogP contribution in [-0.2, 0) is 5.75 Å². The van der Waals surface area contributed by atoms with Crippen molar-refractivity contribution >= 4 is 17.7 Å². The number of rotatable bonds is 9. The van der Waals surface area contributed by atoms with Crippen LogP contribution in [0.2, 0.25) is 0 Å². The molecule has 3 nitrogen and oxygen atoms in total. The van der Waals surface area contributed by atoms with E-state index in [4.69, 9.17) is 4.74 Å². The fourth-order valence-corrected chi connectivity index (χ4v) is 4.24. The summed E-state index contributed by atoms with van der Waals surface area (Å²) < 4.78 is 5.26. The van der Waals surface area contributed by atoms with Gasteiger partial charge in [-0.25, -0.2) is 0 Å². The highest BCUT2D eigenvalue weighted by atomic mass is 32.2. The fraction of sp³-hybridized carbons (Fsp3) is 0.296. The fourth-order valence-electron chi connectivity index (χ4n) is 3.38. The van der Waals surface area contributed by atoms with Crippen LogP contribution >= 0.6 is 11.8 Å². The van der Waals surface area contributed by atoms with Gasteiger partial charge >= 0.3 is 0 Å². The number of ether oxygens (including phenoxy) is 1. The minimum Gasteiger partial charge on any atom is -0.497 e. The third kappa shape index (κ3) is 6.90. The molecule has 1 amide bonds. The number of nitrogens with one attached hydrogen (secondary N) is 1. The molecular formula is C27H31NO2S. The third-order valence-corrected chi connectivity index (χ3v) is 6.26. The van der Waals surface area contributed by atoms with Gasteiger partial charge in [0, 0.05) is 16.2 Å². The maximum Gasteiger partial charge on any atom is 0.251 e. The molecule has 0 unspecified atom stereocenters. The molecule has 162 valence electrons. The summed E-state index contributed by atoms with van der Waals surface area (Å²) in [7, 11) is 1.66. The average Bonchev–Trinajstić information content (AvgIpc) is 2.78. The Kier molecular flexibility index (Phi) is 8.19. The molecule has 0 heterocycles. The number of amides is 1. The standard InChI is InChI=1S/C27H31NO2S/c1-19(2)17-26(22-11-13-24(30-4)14-12-22)28-27(29)23-9-7-21(8-10-23)18-31-25-15-5-20(3)6-16-25/h5-16,19,26H,17-18H2,1-4H3,(H,28,29)/t26-/m0/s1. The molecule has 0 aliphatic heterocycles. The molecular weight excluding hydrogens is 402 g/mol. The summed E-state index contributed by atoms with van der Waals surface area (Å²) in [5.74, 6) is 2.12. The van der Waals surface area contributed by atoms with E-state index < -0.39 is 0 Å². The van der Waals surface area contributed by atoms with Gasteiger partial charge in [-0.2, -0.15) is 0 Å². The number of methoxy groups -OCH3 is 1. The highest BCUT2D eigenvalue weighted by Crippen LogP contribution is 2.25. The second-order valence-corrected chi connectivity index (χ2v) is 9.28. The molecule has 0 bridgehead atoms. The smallest absolute Gasteiger partial charge is 0.251 e. The molecule has 1 atom stereocenters. The van der Waals surface area contributed by atoms with Crippen molar-refractivity contribution in [3.8, 4) is 5.75 Å². The first-order valence-corrected chi connectivity index (χ1v) is 11.7. The van der Waals surface area contributed by atoms with Gasteiger partial charge in [-0.15, -0.1) is 11.8 Å². The predicted molar refractivity (Wildman–Crippen MR) is 130 cm³/mol. The lowest BCUT2D eigenvalue weighted by Gasteiger charge is -2.21. The second kappa shape index (κ2) is 11.1. The van der Waals surface area contributed by atoms with Crippen LogP contribution in [0, 0.1) is 12.8 Å². The molecule has 0 saturated carbocycles. The number of carbonyl (C=O) groups is 1. The lowest BCUT2D eigenvalue weighted by atomic mass is 9.96. The molecule has 31 heavy (non-hydrogen) atoms. The maximum absolute atomic E-state index is 12.9. The van der Waals surface area contributed by atoms with Crippen molar-refractivity contribution in [1.82, 2.24) is 5.32 Å². The Morgan fingerprint density at radius 1 is 0.935 bits per heavy atom. The molecule has 4 heteroatoms. The molecule has 0 aromatic heterocycles. The molecule has 0 radical (unpaired) electrons. The highest BCUT2D eigenvalue weighted by molar-refractivity contribution is 7.98. The van der Waals surface area contributed by atoms with Gasteiger partial charge in [0.25, 0.3) is 5.91 Å². The third-order valence-electron chi connectivity index (χ3n) is 5.17. The Hall–Kier alpha value is -2.72. The van der Waals surface area contributed by atoms with Crippen LogP contribution in [-0.4, -0.2) is 13.0 Å². The number of carbonyl (C=O) groups excluding carboxylic acids is 1. The monoisotopic (exact) mass is 433 g/mol. The zero-order valence-electron chi connectivity index (χ0n) is 18.7. The van der Waals surface area contributed by atoms with Crippen LogP contribution in [0.5, 0.6) is 5.75 Å². The van der Waals surface area contributed by atoms with E-state index in [1.807, 2.05) is 48.5 Å². The first-order chi connectivity index (χ1) is 14.9. The molecule has 3 aromatic rings. The lowest BCUT2D eigenvalue weighted by Crippen LogP contribution is -2.29. The van der Waals surface area contributed by atoms with Crippen LogP contribution in [0.15, 0.2) is 77.7 Å². The molecule has 3 rings (SSSR count). The number of thioether (sulfide) groups is 1. The molecule has 3 aromatic carbocycles. The minimum atomic E-state index is -0.0424. The molecule has 0 fully saturated rings. The summed E-state index contributed by atoms with van der Waals surface area (Å²) in [5.41, 5.74) is 4.25. The van der Waals surface area contributed by atoms with Gasteiger partial charge in [0.1, 0.15) is 5.75 Å². The zero-order chi connectivity index (χ0) is 22.2. The van der Waals surface area contributed by atoms with E-state index in [0.29, 0.717) is 11.5 Å². The van der Waals surface area contributed by atoms with Gasteiger partial charge in [0.15, 0.2) is 0 Å². The van der Waals surface area contributed by atoms with Crippen molar-refractivity contribution in [1.29, 1.82) is 0 Å². The second-order valence-electron chi connectivity index (χ2n) is 8.23. The number of benzene rings is 3. The average molecular weight is 434 g/mol. The van der Waals surface area contributed by atoms with Gasteiger partial charge in [0.2, 0.25) is 0 Å². The Morgan fingerprint density at radius 3 is 2.16 bits per heavy atom. The molecule has 0 aliphatic carbocycles. The van der Waals surface area contributed by atoms with E-state index in [2.05, 4.69) is 50.4 Å². The van der Waals surface area contributed by atoms with Gasteiger partial charge in [-0.1, -0.05) is 55.8 Å². The van der Waals surface area contributed by atoms with E-state index in [1.54, 1.807) is 18.9 Å². The van der Waals surface area contributed by atoms with E-state index in [9.17, 15) is 4.79 Å². The molecule has 0 aliphatic rings. The van der Waals surface area contributed by atoms with Gasteiger partial charge < -0.3 is 10.1 Å². The SMILES string of the molecule is COc1ccc([C@H](CC(C)C)NC(=O)c2ccc(CSc3ccc(C)cc3)cc2)cc1. The van der Waals surface area contributed by atoms with Crippen molar-refractivity contribution in [2.75, 3.05) is 7.11 Å². The van der Waals surface area contributed by atoms with E-state index >= 15 is 0 Å². The molecule has 0 saturated heterocycles. The summed E-state index contributed by atoms with van der Waals surface area (Å²) in [4.78, 5) is 14.2. The van der Waals surface area contributed by atoms with Gasteiger partial charge in [-0.3, -0.25) is 4.79 Å². The Labute approximate surface area is 190 Å². The number of aryl methyl sites for hydroxylation is 1. The summed E-state index contributed by atoms with van der Waals surface area (Å²) in [6, 6.07) is 24.4. The normalized spacial score (nSPS) is 11.9. The zero-order valence-corrected chi connectivity index (χ0v) is 19.5. The Balaban J connectivity index is 1.63. The van der Waals surface area contributed by atoms with Gasteiger partial charge in [-0.05, 0) is 66.8 Å². The molecule has 1 N–H and O–H groups in total. The van der Waals surface area contributed by atoms with Crippen LogP contribution in [0.3, 0.4) is 0 Å². The van der Waals surface area contributed by atoms with Gasteiger partial charge in [0.05, 0.1) is 13.2 Å². The highest BCUT2D eigenvalue weighted by Gasteiger charge is 2.17. The first-order valence-electron chi connectivity index (χ1n) is 10.7. The first kappa shape index (κ1) is 23.0.